The van der Waals surface area contributed by atoms with Crippen LogP contribution < -0.4 is 5.32 Å². The lowest BCUT2D eigenvalue weighted by molar-refractivity contribution is -0.143. The van der Waals surface area contributed by atoms with Gasteiger partial charge in [0.2, 0.25) is 0 Å². The molecule has 1 amide bonds. The fraction of sp³-hybridized carbons (Fsp3) is 0.286. The molecule has 0 saturated carbocycles. The molecule has 0 bridgehead atoms. The summed E-state index contributed by atoms with van der Waals surface area (Å²) in [5, 5.41) is 2.38. The Labute approximate surface area is 115 Å². The van der Waals surface area contributed by atoms with E-state index in [1.807, 2.05) is 0 Å². The summed E-state index contributed by atoms with van der Waals surface area (Å²) in [5.41, 5.74) is -0.199. The fourth-order valence-electron chi connectivity index (χ4n) is 1.60. The average Bonchev–Trinajstić information content (AvgIpc) is 2.41. The van der Waals surface area contributed by atoms with Crippen molar-refractivity contribution in [1.82, 2.24) is 5.32 Å². The number of rotatable bonds is 6. The number of carbonyl (C=O) groups excluding carboxylic acids is 2. The number of carbonyl (C=O) groups is 2. The SMILES string of the molecule is C=CCC[C@H](NC(=O)c1cc(F)cc(F)c1)C(=O)OC. The molecule has 0 aliphatic heterocycles. The van der Waals surface area contributed by atoms with Gasteiger partial charge in [-0.1, -0.05) is 6.08 Å². The molecule has 0 heterocycles. The number of methoxy groups -OCH3 is 1. The number of nitrogens with one attached hydrogen (secondary N) is 1. The number of benzene rings is 1. The lowest BCUT2D eigenvalue weighted by Gasteiger charge is -2.15. The standard InChI is InChI=1S/C14H15F2NO3/c1-3-4-5-12(14(19)20-2)17-13(18)9-6-10(15)8-11(16)7-9/h3,6-8,12H,1,4-5H2,2H3,(H,17,18)/t12-/m0/s1. The zero-order valence-electron chi connectivity index (χ0n) is 11.0. The van der Waals surface area contributed by atoms with E-state index < -0.39 is 29.6 Å². The van der Waals surface area contributed by atoms with E-state index in [2.05, 4.69) is 16.6 Å². The summed E-state index contributed by atoms with van der Waals surface area (Å²) in [4.78, 5) is 23.4. The molecule has 0 radical (unpaired) electrons. The molecular weight excluding hydrogens is 268 g/mol. The maximum Gasteiger partial charge on any atom is 0.328 e. The van der Waals surface area contributed by atoms with Gasteiger partial charge >= 0.3 is 5.97 Å². The molecule has 108 valence electrons. The number of esters is 1. The van der Waals surface area contributed by atoms with Crippen LogP contribution in [0.1, 0.15) is 23.2 Å². The first-order chi connectivity index (χ1) is 9.47. The Balaban J connectivity index is 2.83. The summed E-state index contributed by atoms with van der Waals surface area (Å²) >= 11 is 0. The van der Waals surface area contributed by atoms with Gasteiger partial charge in [0, 0.05) is 11.6 Å². The molecule has 0 aromatic heterocycles. The van der Waals surface area contributed by atoms with Gasteiger partial charge in [-0.3, -0.25) is 4.79 Å². The Kier molecular flexibility index (Phi) is 5.83. The first-order valence-electron chi connectivity index (χ1n) is 5.93. The smallest absolute Gasteiger partial charge is 0.328 e. The molecule has 0 saturated heterocycles. The van der Waals surface area contributed by atoms with E-state index in [1.54, 1.807) is 6.08 Å². The van der Waals surface area contributed by atoms with Gasteiger partial charge in [-0.25, -0.2) is 13.6 Å². The fourth-order valence-corrected chi connectivity index (χ4v) is 1.60. The first-order valence-corrected chi connectivity index (χ1v) is 5.93. The summed E-state index contributed by atoms with van der Waals surface area (Å²) in [6.07, 6.45) is 2.36. The Bertz CT molecular complexity index is 497. The summed E-state index contributed by atoms with van der Waals surface area (Å²) in [7, 11) is 1.19. The van der Waals surface area contributed by atoms with Crippen molar-refractivity contribution >= 4 is 11.9 Å². The van der Waals surface area contributed by atoms with Crippen molar-refractivity contribution in [2.75, 3.05) is 7.11 Å². The van der Waals surface area contributed by atoms with Crippen LogP contribution in [0.15, 0.2) is 30.9 Å². The summed E-state index contributed by atoms with van der Waals surface area (Å²) < 4.78 is 30.6. The van der Waals surface area contributed by atoms with Crippen LogP contribution in [-0.2, 0) is 9.53 Å². The molecule has 0 spiro atoms. The predicted molar refractivity (Wildman–Crippen MR) is 69.1 cm³/mol. The maximum absolute atomic E-state index is 13.0. The second kappa shape index (κ2) is 7.37. The zero-order chi connectivity index (χ0) is 15.1. The van der Waals surface area contributed by atoms with Crippen molar-refractivity contribution in [3.63, 3.8) is 0 Å². The molecule has 20 heavy (non-hydrogen) atoms. The molecule has 1 rings (SSSR count). The largest absolute Gasteiger partial charge is 0.467 e. The van der Waals surface area contributed by atoms with E-state index in [9.17, 15) is 18.4 Å². The van der Waals surface area contributed by atoms with Crippen LogP contribution in [0.2, 0.25) is 0 Å². The third kappa shape index (κ3) is 4.46. The minimum absolute atomic E-state index is 0.199. The molecule has 1 aromatic rings. The zero-order valence-corrected chi connectivity index (χ0v) is 11.0. The minimum atomic E-state index is -0.892. The van der Waals surface area contributed by atoms with Crippen LogP contribution >= 0.6 is 0 Å². The van der Waals surface area contributed by atoms with E-state index in [1.165, 1.54) is 7.11 Å². The van der Waals surface area contributed by atoms with E-state index in [-0.39, 0.29) is 5.56 Å². The Hall–Kier alpha value is -2.24. The Morgan fingerprint density at radius 3 is 2.45 bits per heavy atom. The van der Waals surface area contributed by atoms with Gasteiger partial charge in [0.25, 0.3) is 5.91 Å². The highest BCUT2D eigenvalue weighted by Gasteiger charge is 2.21. The van der Waals surface area contributed by atoms with E-state index in [4.69, 9.17) is 0 Å². The second-order valence-corrected chi connectivity index (χ2v) is 4.07. The molecule has 4 nitrogen and oxygen atoms in total. The molecule has 0 unspecified atom stereocenters. The highest BCUT2D eigenvalue weighted by Crippen LogP contribution is 2.09. The van der Waals surface area contributed by atoms with E-state index in [0.717, 1.165) is 12.1 Å². The quantitative estimate of drug-likeness (QED) is 0.643. The minimum Gasteiger partial charge on any atom is -0.467 e. The Morgan fingerprint density at radius 2 is 1.95 bits per heavy atom. The summed E-state index contributed by atoms with van der Waals surface area (Å²) in [5.74, 6) is -3.10. The lowest BCUT2D eigenvalue weighted by atomic mass is 10.1. The molecule has 0 aliphatic carbocycles. The van der Waals surface area contributed by atoms with Crippen LogP contribution in [0, 0.1) is 11.6 Å². The number of hydrogen-bond donors (Lipinski definition) is 1. The van der Waals surface area contributed by atoms with Gasteiger partial charge in [0.05, 0.1) is 7.11 Å². The number of amides is 1. The van der Waals surface area contributed by atoms with E-state index >= 15 is 0 Å². The molecule has 0 aliphatic rings. The van der Waals surface area contributed by atoms with E-state index in [0.29, 0.717) is 18.9 Å². The van der Waals surface area contributed by atoms with Gasteiger partial charge in [-0.05, 0) is 25.0 Å². The van der Waals surface area contributed by atoms with Crippen molar-refractivity contribution in [1.29, 1.82) is 0 Å². The van der Waals surface area contributed by atoms with Crippen LogP contribution in [0.25, 0.3) is 0 Å². The van der Waals surface area contributed by atoms with Gasteiger partial charge < -0.3 is 10.1 Å². The highest BCUT2D eigenvalue weighted by atomic mass is 19.1. The average molecular weight is 283 g/mol. The van der Waals surface area contributed by atoms with Gasteiger partial charge in [0.1, 0.15) is 17.7 Å². The molecule has 0 fully saturated rings. The van der Waals surface area contributed by atoms with Crippen LogP contribution in [0.3, 0.4) is 0 Å². The summed E-state index contributed by atoms with van der Waals surface area (Å²) in [6, 6.07) is 1.55. The maximum atomic E-state index is 13.0. The van der Waals surface area contributed by atoms with Crippen LogP contribution in [0.5, 0.6) is 0 Å². The number of hydrogen-bond acceptors (Lipinski definition) is 3. The van der Waals surface area contributed by atoms with Crippen molar-refractivity contribution < 1.29 is 23.1 Å². The van der Waals surface area contributed by atoms with Crippen LogP contribution in [-0.4, -0.2) is 25.0 Å². The molecule has 1 aromatic carbocycles. The third-order valence-corrected chi connectivity index (χ3v) is 2.58. The number of ether oxygens (including phenoxy) is 1. The Morgan fingerprint density at radius 1 is 1.35 bits per heavy atom. The monoisotopic (exact) mass is 283 g/mol. The lowest BCUT2D eigenvalue weighted by Crippen LogP contribution is -2.41. The van der Waals surface area contributed by atoms with Crippen molar-refractivity contribution in [3.05, 3.63) is 48.1 Å². The third-order valence-electron chi connectivity index (χ3n) is 2.58. The molecular formula is C14H15F2NO3. The van der Waals surface area contributed by atoms with Gasteiger partial charge in [0.15, 0.2) is 0 Å². The predicted octanol–water partition coefficient (Wildman–Crippen LogP) is 2.20. The summed E-state index contributed by atoms with van der Waals surface area (Å²) in [6.45, 7) is 3.51. The number of halogens is 2. The van der Waals surface area contributed by atoms with Crippen molar-refractivity contribution in [2.24, 2.45) is 0 Å². The van der Waals surface area contributed by atoms with Gasteiger partial charge in [-0.15, -0.1) is 6.58 Å². The second-order valence-electron chi connectivity index (χ2n) is 4.07. The highest BCUT2D eigenvalue weighted by molar-refractivity contribution is 5.96. The van der Waals surface area contributed by atoms with Gasteiger partial charge in [-0.2, -0.15) is 0 Å². The molecule has 6 heteroatoms. The molecule has 1 atom stereocenters. The van der Waals surface area contributed by atoms with Crippen molar-refractivity contribution in [2.45, 2.75) is 18.9 Å². The van der Waals surface area contributed by atoms with Crippen molar-refractivity contribution in [3.8, 4) is 0 Å². The topological polar surface area (TPSA) is 55.4 Å². The molecule has 1 N–H and O–H groups in total. The first kappa shape index (κ1) is 15.8. The van der Waals surface area contributed by atoms with Crippen LogP contribution in [0.4, 0.5) is 8.78 Å². The normalized spacial score (nSPS) is 11.6. The number of allylic oxidation sites excluding steroid dienone is 1.